The summed E-state index contributed by atoms with van der Waals surface area (Å²) >= 11 is 1.49. The van der Waals surface area contributed by atoms with Gasteiger partial charge in [-0.1, -0.05) is 6.07 Å². The number of halogens is 1. The number of amides is 3. The number of rotatable bonds is 11. The van der Waals surface area contributed by atoms with E-state index in [1.165, 1.54) is 23.5 Å². The average molecular weight is 646 g/mol. The number of carbonyl (C=O) groups is 2. The molecule has 4 aromatic rings. The maximum atomic E-state index is 14.9. The Labute approximate surface area is 272 Å². The molecule has 1 saturated heterocycles. The number of anilines is 1. The molecule has 0 bridgehead atoms. The van der Waals surface area contributed by atoms with Crippen molar-refractivity contribution in [3.05, 3.63) is 66.2 Å². The van der Waals surface area contributed by atoms with E-state index < -0.39 is 5.82 Å². The van der Waals surface area contributed by atoms with Crippen molar-refractivity contribution < 1.29 is 18.7 Å². The third-order valence-electron chi connectivity index (χ3n) is 8.29. The minimum atomic E-state index is -0.580. The second-order valence-corrected chi connectivity index (χ2v) is 13.5. The molecule has 0 spiro atoms. The first-order valence-electron chi connectivity index (χ1n) is 15.7. The van der Waals surface area contributed by atoms with Crippen LogP contribution in [0.15, 0.2) is 54.9 Å². The van der Waals surface area contributed by atoms with Crippen molar-refractivity contribution in [2.45, 2.75) is 38.3 Å². The summed E-state index contributed by atoms with van der Waals surface area (Å²) in [4.78, 5) is 41.5. The Kier molecular flexibility index (Phi) is 9.76. The van der Waals surface area contributed by atoms with Gasteiger partial charge in [0.1, 0.15) is 5.75 Å². The van der Waals surface area contributed by atoms with Crippen molar-refractivity contribution in [2.75, 3.05) is 52.6 Å². The Bertz CT molecular complexity index is 1690. The first-order chi connectivity index (χ1) is 22.2. The molecule has 1 saturated carbocycles. The second-order valence-electron chi connectivity index (χ2n) is 12.4. The highest BCUT2D eigenvalue weighted by atomic mass is 32.1. The van der Waals surface area contributed by atoms with Gasteiger partial charge in [-0.25, -0.2) is 9.18 Å². The van der Waals surface area contributed by atoms with E-state index in [1.54, 1.807) is 18.3 Å². The number of urea groups is 1. The number of piperidine rings is 1. The molecule has 1 aliphatic heterocycles. The molecule has 4 heterocycles. The zero-order chi connectivity index (χ0) is 32.2. The summed E-state index contributed by atoms with van der Waals surface area (Å²) in [6.07, 6.45) is 7.41. The summed E-state index contributed by atoms with van der Waals surface area (Å²) in [5.41, 5.74) is 3.00. The normalized spacial score (nSPS) is 16.8. The Hall–Kier alpha value is -4.13. The van der Waals surface area contributed by atoms with E-state index in [2.05, 4.69) is 31.5 Å². The SMILES string of the molecule is CN(C)CCN(C)C(=O)C1CCCN(Cc2ccc(-c3cc4nccc(Oc5ccc(NC(=O)NC6CC6)cc5F)c4s3)nc2)C1. The van der Waals surface area contributed by atoms with Crippen molar-refractivity contribution in [1.29, 1.82) is 0 Å². The van der Waals surface area contributed by atoms with Gasteiger partial charge in [0.05, 0.1) is 26.7 Å². The number of ether oxygens (including phenoxy) is 1. The number of carbonyl (C=O) groups excluding carboxylic acids is 2. The van der Waals surface area contributed by atoms with E-state index in [9.17, 15) is 14.0 Å². The summed E-state index contributed by atoms with van der Waals surface area (Å²) < 4.78 is 21.7. The number of aromatic nitrogens is 2. The van der Waals surface area contributed by atoms with Gasteiger partial charge in [0.25, 0.3) is 0 Å². The molecule has 2 N–H and O–H groups in total. The quantitative estimate of drug-likeness (QED) is 0.212. The van der Waals surface area contributed by atoms with Gasteiger partial charge in [-0.15, -0.1) is 11.3 Å². The molecule has 3 aromatic heterocycles. The van der Waals surface area contributed by atoms with Gasteiger partial charge in [-0.05, 0) is 76.2 Å². The van der Waals surface area contributed by atoms with E-state index in [1.807, 2.05) is 44.4 Å². The summed E-state index contributed by atoms with van der Waals surface area (Å²) in [5.74, 6) is 0.221. The van der Waals surface area contributed by atoms with Gasteiger partial charge in [-0.2, -0.15) is 0 Å². The lowest BCUT2D eigenvalue weighted by molar-refractivity contribution is -0.136. The highest BCUT2D eigenvalue weighted by Gasteiger charge is 2.28. The van der Waals surface area contributed by atoms with Crippen molar-refractivity contribution in [2.24, 2.45) is 5.92 Å². The van der Waals surface area contributed by atoms with E-state index in [4.69, 9.17) is 9.72 Å². The minimum Gasteiger partial charge on any atom is -0.453 e. The van der Waals surface area contributed by atoms with Crippen molar-refractivity contribution >= 4 is 39.2 Å². The first-order valence-corrected chi connectivity index (χ1v) is 16.5. The topological polar surface area (TPSA) is 103 Å². The van der Waals surface area contributed by atoms with Crippen LogP contribution in [0.5, 0.6) is 11.5 Å². The summed E-state index contributed by atoms with van der Waals surface area (Å²) in [6.45, 7) is 4.06. The summed E-state index contributed by atoms with van der Waals surface area (Å²) in [5, 5.41) is 5.48. The van der Waals surface area contributed by atoms with Crippen LogP contribution in [0.4, 0.5) is 14.9 Å². The number of thiophene rings is 1. The van der Waals surface area contributed by atoms with Crippen LogP contribution in [-0.4, -0.2) is 90.0 Å². The maximum Gasteiger partial charge on any atom is 0.319 e. The number of likely N-dealkylation sites (tertiary alicyclic amines) is 1. The van der Waals surface area contributed by atoms with Crippen LogP contribution in [0, 0.1) is 11.7 Å². The molecular weight excluding hydrogens is 605 g/mol. The number of hydrogen-bond acceptors (Lipinski definition) is 8. The zero-order valence-corrected chi connectivity index (χ0v) is 27.3. The molecule has 10 nitrogen and oxygen atoms in total. The number of nitrogens with one attached hydrogen (secondary N) is 2. The van der Waals surface area contributed by atoms with E-state index in [-0.39, 0.29) is 29.6 Å². The number of pyridine rings is 2. The smallest absolute Gasteiger partial charge is 0.319 e. The van der Waals surface area contributed by atoms with Gasteiger partial charge < -0.3 is 25.2 Å². The largest absolute Gasteiger partial charge is 0.453 e. The Morgan fingerprint density at radius 3 is 2.63 bits per heavy atom. The molecule has 3 amide bonds. The van der Waals surface area contributed by atoms with Crippen LogP contribution >= 0.6 is 11.3 Å². The third-order valence-corrected chi connectivity index (χ3v) is 9.46. The molecular formula is C34H40FN7O3S. The Morgan fingerprint density at radius 2 is 1.89 bits per heavy atom. The van der Waals surface area contributed by atoms with Crippen LogP contribution in [-0.2, 0) is 11.3 Å². The number of likely N-dealkylation sites (N-methyl/N-ethyl adjacent to an activating group) is 2. The highest BCUT2D eigenvalue weighted by Crippen LogP contribution is 2.39. The lowest BCUT2D eigenvalue weighted by Gasteiger charge is -2.34. The Morgan fingerprint density at radius 1 is 1.04 bits per heavy atom. The zero-order valence-electron chi connectivity index (χ0n) is 26.5. The molecule has 0 radical (unpaired) electrons. The fraction of sp³-hybridized carbons (Fsp3) is 0.412. The lowest BCUT2D eigenvalue weighted by atomic mass is 9.96. The standard InChI is InChI=1S/C34H40FN7O3S/c1-40(2)15-16-41(3)33(43)23-5-4-14-42(21-23)20-22-6-10-27(37-19-22)31-18-28-32(46-31)30(12-13-36-28)45-29-11-9-25(17-26(29)35)39-34(44)38-24-7-8-24/h6,9-13,17-19,23-24H,4-5,7-8,14-16,20-21H2,1-3H3,(H2,38,39,44). The lowest BCUT2D eigenvalue weighted by Crippen LogP contribution is -2.44. The number of fused-ring (bicyclic) bond motifs is 1. The molecule has 2 aliphatic rings. The minimum absolute atomic E-state index is 0.0251. The first kappa shape index (κ1) is 31.8. The molecule has 2 fully saturated rings. The van der Waals surface area contributed by atoms with E-state index in [0.717, 1.165) is 84.8 Å². The van der Waals surface area contributed by atoms with Crippen LogP contribution in [0.1, 0.15) is 31.2 Å². The summed E-state index contributed by atoms with van der Waals surface area (Å²) in [7, 11) is 5.94. The third kappa shape index (κ3) is 7.98. The molecule has 6 rings (SSSR count). The fourth-order valence-corrected chi connectivity index (χ4v) is 6.62. The van der Waals surface area contributed by atoms with Crippen molar-refractivity contribution in [1.82, 2.24) is 30.0 Å². The van der Waals surface area contributed by atoms with E-state index >= 15 is 0 Å². The number of nitrogens with zero attached hydrogens (tertiary/aromatic N) is 5. The maximum absolute atomic E-state index is 14.9. The van der Waals surface area contributed by atoms with Crippen LogP contribution < -0.4 is 15.4 Å². The number of hydrogen-bond donors (Lipinski definition) is 2. The predicted octanol–water partition coefficient (Wildman–Crippen LogP) is 5.81. The van der Waals surface area contributed by atoms with Crippen molar-refractivity contribution in [3.8, 4) is 22.1 Å². The van der Waals surface area contributed by atoms with Gasteiger partial charge in [0.2, 0.25) is 5.91 Å². The fourth-order valence-electron chi connectivity index (χ4n) is 5.58. The average Bonchev–Trinajstić information content (AvgIpc) is 3.74. The Balaban J connectivity index is 1.09. The molecule has 1 aliphatic carbocycles. The monoisotopic (exact) mass is 645 g/mol. The highest BCUT2D eigenvalue weighted by molar-refractivity contribution is 7.22. The number of benzene rings is 1. The van der Waals surface area contributed by atoms with Crippen molar-refractivity contribution in [3.63, 3.8) is 0 Å². The molecule has 242 valence electrons. The summed E-state index contributed by atoms with van der Waals surface area (Å²) in [6, 6.07) is 12.0. The van der Waals surface area contributed by atoms with Gasteiger partial charge in [0.15, 0.2) is 11.6 Å². The van der Waals surface area contributed by atoms with Crippen LogP contribution in [0.3, 0.4) is 0 Å². The van der Waals surface area contributed by atoms with Crippen LogP contribution in [0.2, 0.25) is 0 Å². The van der Waals surface area contributed by atoms with Crippen LogP contribution in [0.25, 0.3) is 20.8 Å². The van der Waals surface area contributed by atoms with Gasteiger partial charge >= 0.3 is 6.03 Å². The molecule has 1 atom stereocenters. The predicted molar refractivity (Wildman–Crippen MR) is 179 cm³/mol. The second kappa shape index (κ2) is 14.1. The molecule has 12 heteroatoms. The van der Waals surface area contributed by atoms with E-state index in [0.29, 0.717) is 11.4 Å². The molecule has 46 heavy (non-hydrogen) atoms. The van der Waals surface area contributed by atoms with Gasteiger partial charge in [-0.3, -0.25) is 19.7 Å². The molecule has 1 aromatic carbocycles. The molecule has 1 unspecified atom stereocenters. The van der Waals surface area contributed by atoms with Gasteiger partial charge in [0, 0.05) is 69.5 Å².